The zero-order valence-corrected chi connectivity index (χ0v) is 11.2. The van der Waals surface area contributed by atoms with Crippen molar-refractivity contribution >= 4 is 5.91 Å². The summed E-state index contributed by atoms with van der Waals surface area (Å²) in [5.41, 5.74) is 0.774. The van der Waals surface area contributed by atoms with E-state index in [2.05, 4.69) is 10.1 Å². The number of hydrogen-bond acceptors (Lipinski definition) is 3. The fourth-order valence-corrected chi connectivity index (χ4v) is 2.02. The monoisotopic (exact) mass is 285 g/mol. The maximum Gasteiger partial charge on any atom is 0.387 e. The molecule has 1 aromatic carbocycles. The molecule has 0 aromatic heterocycles. The molecule has 20 heavy (non-hydrogen) atoms. The largest absolute Gasteiger partial charge is 0.493 e. The highest BCUT2D eigenvalue weighted by Gasteiger charge is 2.24. The molecular weight excluding hydrogens is 268 g/mol. The first-order valence-corrected chi connectivity index (χ1v) is 6.49. The molecule has 0 saturated heterocycles. The summed E-state index contributed by atoms with van der Waals surface area (Å²) in [5, 5.41) is 2.83. The lowest BCUT2D eigenvalue weighted by Crippen LogP contribution is -2.33. The van der Waals surface area contributed by atoms with Gasteiger partial charge in [-0.15, -0.1) is 0 Å². The van der Waals surface area contributed by atoms with E-state index in [1.54, 1.807) is 12.1 Å². The standard InChI is InChI=1S/C14H17F2NO3/c1-19-12-7-9(5-6-11(12)20-14(15)16)8-17-13(18)10-3-2-4-10/h5-7,10,14H,2-4,8H2,1H3,(H,17,18). The molecule has 6 heteroatoms. The lowest BCUT2D eigenvalue weighted by Gasteiger charge is -2.24. The first kappa shape index (κ1) is 14.6. The topological polar surface area (TPSA) is 47.6 Å². The molecule has 1 aliphatic carbocycles. The van der Waals surface area contributed by atoms with Crippen LogP contribution < -0.4 is 14.8 Å². The van der Waals surface area contributed by atoms with Crippen LogP contribution in [-0.4, -0.2) is 19.6 Å². The van der Waals surface area contributed by atoms with Crippen molar-refractivity contribution in [3.8, 4) is 11.5 Å². The molecule has 1 aromatic rings. The van der Waals surface area contributed by atoms with Crippen LogP contribution in [0, 0.1) is 5.92 Å². The molecule has 0 radical (unpaired) electrons. The summed E-state index contributed by atoms with van der Waals surface area (Å²) < 4.78 is 33.7. The minimum absolute atomic E-state index is 0.0171. The smallest absolute Gasteiger partial charge is 0.387 e. The number of rotatable bonds is 6. The Balaban J connectivity index is 1.96. The van der Waals surface area contributed by atoms with Crippen LogP contribution in [0.5, 0.6) is 11.5 Å². The van der Waals surface area contributed by atoms with Crippen molar-refractivity contribution in [1.82, 2.24) is 5.32 Å². The SMILES string of the molecule is COc1cc(CNC(=O)C2CCC2)ccc1OC(F)F. The van der Waals surface area contributed by atoms with Gasteiger partial charge in [0.25, 0.3) is 0 Å². The van der Waals surface area contributed by atoms with E-state index in [0.29, 0.717) is 6.54 Å². The molecule has 110 valence electrons. The van der Waals surface area contributed by atoms with Crippen molar-refractivity contribution in [2.24, 2.45) is 5.92 Å². The van der Waals surface area contributed by atoms with Gasteiger partial charge in [0.15, 0.2) is 11.5 Å². The number of alkyl halides is 2. The van der Waals surface area contributed by atoms with Gasteiger partial charge in [0.2, 0.25) is 5.91 Å². The summed E-state index contributed by atoms with van der Waals surface area (Å²) >= 11 is 0. The van der Waals surface area contributed by atoms with E-state index < -0.39 is 6.61 Å². The van der Waals surface area contributed by atoms with Crippen LogP contribution >= 0.6 is 0 Å². The molecule has 1 aliphatic rings. The molecule has 0 atom stereocenters. The zero-order chi connectivity index (χ0) is 14.5. The Labute approximate surface area is 116 Å². The first-order valence-electron chi connectivity index (χ1n) is 6.49. The Morgan fingerprint density at radius 1 is 1.40 bits per heavy atom. The predicted molar refractivity (Wildman–Crippen MR) is 68.8 cm³/mol. The normalized spacial score (nSPS) is 14.8. The van der Waals surface area contributed by atoms with Gasteiger partial charge in [0.05, 0.1) is 7.11 Å². The van der Waals surface area contributed by atoms with Gasteiger partial charge in [-0.05, 0) is 30.5 Å². The van der Waals surface area contributed by atoms with Gasteiger partial charge in [-0.3, -0.25) is 4.79 Å². The van der Waals surface area contributed by atoms with E-state index in [1.165, 1.54) is 13.2 Å². The molecule has 1 N–H and O–H groups in total. The third kappa shape index (κ3) is 3.59. The molecule has 0 aliphatic heterocycles. The lowest BCUT2D eigenvalue weighted by molar-refractivity contribution is -0.127. The van der Waals surface area contributed by atoms with Crippen LogP contribution in [0.15, 0.2) is 18.2 Å². The average Bonchev–Trinajstić information content (AvgIpc) is 2.34. The maximum absolute atomic E-state index is 12.2. The minimum Gasteiger partial charge on any atom is -0.493 e. The molecule has 0 heterocycles. The van der Waals surface area contributed by atoms with Crippen LogP contribution in [0.1, 0.15) is 24.8 Å². The summed E-state index contributed by atoms with van der Waals surface area (Å²) in [6.07, 6.45) is 2.98. The lowest BCUT2D eigenvalue weighted by atomic mass is 9.85. The van der Waals surface area contributed by atoms with Gasteiger partial charge < -0.3 is 14.8 Å². The Morgan fingerprint density at radius 2 is 2.15 bits per heavy atom. The number of nitrogens with one attached hydrogen (secondary N) is 1. The minimum atomic E-state index is -2.90. The number of hydrogen-bond donors (Lipinski definition) is 1. The second kappa shape index (κ2) is 6.54. The highest BCUT2D eigenvalue weighted by atomic mass is 19.3. The van der Waals surface area contributed by atoms with E-state index in [0.717, 1.165) is 24.8 Å². The summed E-state index contributed by atoms with van der Waals surface area (Å²) in [5.74, 6) is 0.374. The molecule has 0 unspecified atom stereocenters. The number of methoxy groups -OCH3 is 1. The molecule has 1 fully saturated rings. The van der Waals surface area contributed by atoms with Crippen LogP contribution in [0.25, 0.3) is 0 Å². The number of carbonyl (C=O) groups excluding carboxylic acids is 1. The molecular formula is C14H17F2NO3. The van der Waals surface area contributed by atoms with Gasteiger partial charge in [-0.1, -0.05) is 12.5 Å². The molecule has 1 amide bonds. The Morgan fingerprint density at radius 3 is 2.70 bits per heavy atom. The number of carbonyl (C=O) groups is 1. The molecule has 0 bridgehead atoms. The van der Waals surface area contributed by atoms with Crippen LogP contribution in [0.4, 0.5) is 8.78 Å². The van der Waals surface area contributed by atoms with Gasteiger partial charge >= 0.3 is 6.61 Å². The van der Waals surface area contributed by atoms with Crippen molar-refractivity contribution in [2.45, 2.75) is 32.4 Å². The first-order chi connectivity index (χ1) is 9.60. The Bertz CT molecular complexity index is 475. The van der Waals surface area contributed by atoms with Crippen molar-refractivity contribution < 1.29 is 23.0 Å². The fourth-order valence-electron chi connectivity index (χ4n) is 2.02. The van der Waals surface area contributed by atoms with Crippen LogP contribution in [0.3, 0.4) is 0 Å². The summed E-state index contributed by atoms with van der Waals surface area (Å²) in [7, 11) is 1.38. The van der Waals surface area contributed by atoms with Crippen LogP contribution in [-0.2, 0) is 11.3 Å². The fraction of sp³-hybridized carbons (Fsp3) is 0.500. The Hall–Kier alpha value is -1.85. The Kier molecular flexibility index (Phi) is 4.76. The molecule has 1 saturated carbocycles. The molecule has 0 spiro atoms. The summed E-state index contributed by atoms with van der Waals surface area (Å²) in [6.45, 7) is -2.55. The third-order valence-corrected chi connectivity index (χ3v) is 3.39. The van der Waals surface area contributed by atoms with E-state index in [9.17, 15) is 13.6 Å². The van der Waals surface area contributed by atoms with E-state index >= 15 is 0 Å². The van der Waals surface area contributed by atoms with Crippen molar-refractivity contribution in [3.63, 3.8) is 0 Å². The van der Waals surface area contributed by atoms with Crippen molar-refractivity contribution in [3.05, 3.63) is 23.8 Å². The zero-order valence-electron chi connectivity index (χ0n) is 11.2. The number of halogens is 2. The van der Waals surface area contributed by atoms with E-state index in [-0.39, 0.29) is 23.3 Å². The molecule has 2 rings (SSSR count). The van der Waals surface area contributed by atoms with Gasteiger partial charge in [-0.25, -0.2) is 0 Å². The second-order valence-corrected chi connectivity index (χ2v) is 4.71. The average molecular weight is 285 g/mol. The van der Waals surface area contributed by atoms with Crippen LogP contribution in [0.2, 0.25) is 0 Å². The van der Waals surface area contributed by atoms with E-state index in [4.69, 9.17) is 4.74 Å². The quantitative estimate of drug-likeness (QED) is 0.874. The van der Waals surface area contributed by atoms with Gasteiger partial charge in [0.1, 0.15) is 0 Å². The number of benzene rings is 1. The van der Waals surface area contributed by atoms with Gasteiger partial charge in [0, 0.05) is 12.5 Å². The van der Waals surface area contributed by atoms with Crippen molar-refractivity contribution in [1.29, 1.82) is 0 Å². The van der Waals surface area contributed by atoms with Crippen molar-refractivity contribution in [2.75, 3.05) is 7.11 Å². The third-order valence-electron chi connectivity index (χ3n) is 3.39. The van der Waals surface area contributed by atoms with Gasteiger partial charge in [-0.2, -0.15) is 8.78 Å². The highest BCUT2D eigenvalue weighted by Crippen LogP contribution is 2.30. The summed E-state index contributed by atoms with van der Waals surface area (Å²) in [4.78, 5) is 11.7. The predicted octanol–water partition coefficient (Wildman–Crippen LogP) is 2.71. The number of ether oxygens (including phenoxy) is 2. The molecule has 4 nitrogen and oxygen atoms in total. The van der Waals surface area contributed by atoms with E-state index in [1.807, 2.05) is 0 Å². The maximum atomic E-state index is 12.2. The second-order valence-electron chi connectivity index (χ2n) is 4.71. The summed E-state index contributed by atoms with van der Waals surface area (Å²) in [6, 6.07) is 4.62. The highest BCUT2D eigenvalue weighted by molar-refractivity contribution is 5.79. The number of amides is 1.